The number of carboxylic acids is 1. The Hall–Kier alpha value is -1.52. The Morgan fingerprint density at radius 3 is 3.00 bits per heavy atom. The van der Waals surface area contributed by atoms with Gasteiger partial charge in [-0.15, -0.1) is 0 Å². The summed E-state index contributed by atoms with van der Waals surface area (Å²) in [5.74, 6) is -0.826. The number of halogens is 1. The third kappa shape index (κ3) is 2.11. The SMILES string of the molecule is CN1CCc2c(n(CC(=O)O)c3cc(Cl)ccc23)C1. The number of nitrogens with zero attached hydrogens (tertiary/aromatic N) is 2. The molecule has 0 radical (unpaired) electrons. The zero-order chi connectivity index (χ0) is 13.6. The molecule has 0 fully saturated rings. The van der Waals surface area contributed by atoms with Gasteiger partial charge in [-0.05, 0) is 31.2 Å². The highest BCUT2D eigenvalue weighted by Crippen LogP contribution is 2.32. The number of likely N-dealkylation sites (N-methyl/N-ethyl adjacent to an activating group) is 1. The molecule has 0 saturated carbocycles. The summed E-state index contributed by atoms with van der Waals surface area (Å²) in [6, 6.07) is 5.73. The van der Waals surface area contributed by atoms with E-state index in [2.05, 4.69) is 11.9 Å². The fraction of sp³-hybridized carbons (Fsp3) is 0.357. The van der Waals surface area contributed by atoms with Gasteiger partial charge in [0.2, 0.25) is 0 Å². The van der Waals surface area contributed by atoms with Gasteiger partial charge in [0.15, 0.2) is 0 Å². The van der Waals surface area contributed by atoms with Gasteiger partial charge in [0.1, 0.15) is 6.54 Å². The molecule has 100 valence electrons. The normalized spacial score (nSPS) is 15.7. The van der Waals surface area contributed by atoms with Gasteiger partial charge >= 0.3 is 5.97 Å². The van der Waals surface area contributed by atoms with Crippen molar-refractivity contribution < 1.29 is 9.90 Å². The van der Waals surface area contributed by atoms with E-state index in [-0.39, 0.29) is 6.54 Å². The van der Waals surface area contributed by atoms with Gasteiger partial charge in [-0.3, -0.25) is 4.79 Å². The molecule has 3 rings (SSSR count). The van der Waals surface area contributed by atoms with Crippen LogP contribution in [0.25, 0.3) is 10.9 Å². The van der Waals surface area contributed by atoms with Crippen LogP contribution in [0.15, 0.2) is 18.2 Å². The van der Waals surface area contributed by atoms with Crippen molar-refractivity contribution in [3.8, 4) is 0 Å². The zero-order valence-electron chi connectivity index (χ0n) is 10.7. The van der Waals surface area contributed by atoms with Crippen LogP contribution in [0.3, 0.4) is 0 Å². The van der Waals surface area contributed by atoms with Gasteiger partial charge in [0.05, 0.1) is 5.52 Å². The molecule has 4 nitrogen and oxygen atoms in total. The number of hydrogen-bond donors (Lipinski definition) is 1. The van der Waals surface area contributed by atoms with E-state index in [4.69, 9.17) is 16.7 Å². The van der Waals surface area contributed by atoms with E-state index in [1.54, 1.807) is 0 Å². The Kier molecular flexibility index (Phi) is 2.99. The Balaban J connectivity index is 2.27. The minimum atomic E-state index is -0.826. The summed E-state index contributed by atoms with van der Waals surface area (Å²) in [6.45, 7) is 1.77. The van der Waals surface area contributed by atoms with Gasteiger partial charge < -0.3 is 14.6 Å². The molecule has 1 aliphatic rings. The Morgan fingerprint density at radius 2 is 2.26 bits per heavy atom. The van der Waals surface area contributed by atoms with Crippen LogP contribution in [0.5, 0.6) is 0 Å². The molecular weight excluding hydrogens is 264 g/mol. The summed E-state index contributed by atoms with van der Waals surface area (Å²) in [5, 5.41) is 10.9. The molecule has 0 saturated heterocycles. The molecular formula is C14H15ClN2O2. The predicted molar refractivity (Wildman–Crippen MR) is 74.6 cm³/mol. The molecule has 5 heteroatoms. The Morgan fingerprint density at radius 1 is 1.47 bits per heavy atom. The van der Waals surface area contributed by atoms with E-state index in [1.165, 1.54) is 5.56 Å². The first-order valence-electron chi connectivity index (χ1n) is 6.26. The fourth-order valence-electron chi connectivity index (χ4n) is 2.86. The first kappa shape index (κ1) is 12.5. The van der Waals surface area contributed by atoms with Crippen molar-refractivity contribution in [3.63, 3.8) is 0 Å². The lowest BCUT2D eigenvalue weighted by Gasteiger charge is -2.24. The first-order chi connectivity index (χ1) is 9.06. The monoisotopic (exact) mass is 278 g/mol. The highest BCUT2D eigenvalue weighted by molar-refractivity contribution is 6.31. The predicted octanol–water partition coefficient (Wildman–Crippen LogP) is 2.37. The fourth-order valence-corrected chi connectivity index (χ4v) is 3.03. The molecule has 0 spiro atoms. The van der Waals surface area contributed by atoms with Crippen LogP contribution < -0.4 is 0 Å². The average molecular weight is 279 g/mol. The van der Waals surface area contributed by atoms with Crippen LogP contribution in [-0.4, -0.2) is 34.1 Å². The molecule has 19 heavy (non-hydrogen) atoms. The second-order valence-electron chi connectivity index (χ2n) is 5.05. The third-order valence-electron chi connectivity index (χ3n) is 3.71. The van der Waals surface area contributed by atoms with Crippen LogP contribution >= 0.6 is 11.6 Å². The second kappa shape index (κ2) is 4.54. The van der Waals surface area contributed by atoms with Crippen molar-refractivity contribution in [2.75, 3.05) is 13.6 Å². The number of benzene rings is 1. The number of carbonyl (C=O) groups is 1. The largest absolute Gasteiger partial charge is 0.480 e. The number of aromatic nitrogens is 1. The topological polar surface area (TPSA) is 45.5 Å². The van der Waals surface area contributed by atoms with E-state index < -0.39 is 5.97 Å². The van der Waals surface area contributed by atoms with Gasteiger partial charge in [0.25, 0.3) is 0 Å². The maximum absolute atomic E-state index is 11.1. The van der Waals surface area contributed by atoms with Crippen molar-refractivity contribution >= 4 is 28.5 Å². The lowest BCUT2D eigenvalue weighted by molar-refractivity contribution is -0.137. The molecule has 2 heterocycles. The minimum Gasteiger partial charge on any atom is -0.480 e. The van der Waals surface area contributed by atoms with Gasteiger partial charge in [-0.25, -0.2) is 0 Å². The van der Waals surface area contributed by atoms with Crippen LogP contribution in [0.2, 0.25) is 5.02 Å². The quantitative estimate of drug-likeness (QED) is 0.917. The first-order valence-corrected chi connectivity index (χ1v) is 6.64. The summed E-state index contributed by atoms with van der Waals surface area (Å²) in [5.41, 5.74) is 3.30. The summed E-state index contributed by atoms with van der Waals surface area (Å²) in [4.78, 5) is 13.3. The summed E-state index contributed by atoms with van der Waals surface area (Å²) in [6.07, 6.45) is 0.955. The van der Waals surface area contributed by atoms with Crippen molar-refractivity contribution in [2.24, 2.45) is 0 Å². The molecule has 0 atom stereocenters. The lowest BCUT2D eigenvalue weighted by atomic mass is 10.0. The second-order valence-corrected chi connectivity index (χ2v) is 5.49. The van der Waals surface area contributed by atoms with Crippen LogP contribution in [-0.2, 0) is 24.3 Å². The van der Waals surface area contributed by atoms with Crippen molar-refractivity contribution in [2.45, 2.75) is 19.5 Å². The van der Waals surface area contributed by atoms with E-state index in [1.807, 2.05) is 22.8 Å². The molecule has 0 unspecified atom stereocenters. The highest BCUT2D eigenvalue weighted by atomic mass is 35.5. The van der Waals surface area contributed by atoms with E-state index in [0.29, 0.717) is 5.02 Å². The van der Waals surface area contributed by atoms with Crippen molar-refractivity contribution in [1.29, 1.82) is 0 Å². The number of aliphatic carboxylic acids is 1. The molecule has 1 aromatic carbocycles. The Bertz CT molecular complexity index is 663. The van der Waals surface area contributed by atoms with E-state index >= 15 is 0 Å². The molecule has 0 bridgehead atoms. The van der Waals surface area contributed by atoms with Crippen LogP contribution in [0, 0.1) is 0 Å². The number of carboxylic acid groups (broad SMARTS) is 1. The summed E-state index contributed by atoms with van der Waals surface area (Å²) >= 11 is 6.05. The zero-order valence-corrected chi connectivity index (χ0v) is 11.4. The van der Waals surface area contributed by atoms with Gasteiger partial charge in [-0.1, -0.05) is 17.7 Å². The highest BCUT2D eigenvalue weighted by Gasteiger charge is 2.23. The van der Waals surface area contributed by atoms with Crippen molar-refractivity contribution in [3.05, 3.63) is 34.5 Å². The Labute approximate surface area is 116 Å². The molecule has 2 aromatic rings. The minimum absolute atomic E-state index is 0.0139. The molecule has 1 N–H and O–H groups in total. The maximum atomic E-state index is 11.1. The maximum Gasteiger partial charge on any atom is 0.323 e. The summed E-state index contributed by atoms with van der Waals surface area (Å²) in [7, 11) is 2.05. The van der Waals surface area contributed by atoms with Crippen LogP contribution in [0.4, 0.5) is 0 Å². The standard InChI is InChI=1S/C14H15ClN2O2/c1-16-5-4-11-10-3-2-9(15)6-12(10)17(8-14(18)19)13(11)7-16/h2-3,6H,4-5,7-8H2,1H3,(H,18,19). The third-order valence-corrected chi connectivity index (χ3v) is 3.94. The van der Waals surface area contributed by atoms with Gasteiger partial charge in [-0.2, -0.15) is 0 Å². The van der Waals surface area contributed by atoms with E-state index in [9.17, 15) is 4.79 Å². The smallest absolute Gasteiger partial charge is 0.323 e. The number of hydrogen-bond acceptors (Lipinski definition) is 2. The molecule has 1 aromatic heterocycles. The lowest BCUT2D eigenvalue weighted by Crippen LogP contribution is -2.28. The number of rotatable bonds is 2. The number of fused-ring (bicyclic) bond motifs is 3. The average Bonchev–Trinajstić information content (AvgIpc) is 2.62. The van der Waals surface area contributed by atoms with Gasteiger partial charge in [0, 0.05) is 29.2 Å². The molecule has 0 aliphatic carbocycles. The van der Waals surface area contributed by atoms with Crippen LogP contribution in [0.1, 0.15) is 11.3 Å². The summed E-state index contributed by atoms with van der Waals surface area (Å²) < 4.78 is 1.88. The molecule has 1 aliphatic heterocycles. The van der Waals surface area contributed by atoms with Crippen molar-refractivity contribution in [1.82, 2.24) is 9.47 Å². The van der Waals surface area contributed by atoms with E-state index in [0.717, 1.165) is 36.1 Å². The molecule has 0 amide bonds.